The van der Waals surface area contributed by atoms with Crippen molar-refractivity contribution in [1.82, 2.24) is 4.98 Å². The molecule has 0 spiro atoms. The van der Waals surface area contributed by atoms with Gasteiger partial charge in [0.15, 0.2) is 0 Å². The second kappa shape index (κ2) is 5.70. The van der Waals surface area contributed by atoms with Gasteiger partial charge in [-0.2, -0.15) is 0 Å². The lowest BCUT2D eigenvalue weighted by Crippen LogP contribution is -2.01. The lowest BCUT2D eigenvalue weighted by Gasteiger charge is -2.10. The van der Waals surface area contributed by atoms with Gasteiger partial charge in [-0.05, 0) is 48.4 Å². The predicted molar refractivity (Wildman–Crippen MR) is 85.2 cm³/mol. The van der Waals surface area contributed by atoms with Gasteiger partial charge >= 0.3 is 0 Å². The molecular weight excluding hydrogens is 287 g/mol. The Hall–Kier alpha value is -2.13. The second-order valence-corrected chi connectivity index (χ2v) is 5.34. The Kier molecular flexibility index (Phi) is 3.76. The van der Waals surface area contributed by atoms with Crippen molar-refractivity contribution in [3.63, 3.8) is 0 Å². The summed E-state index contributed by atoms with van der Waals surface area (Å²) in [5.41, 5.74) is 3.24. The van der Waals surface area contributed by atoms with Crippen molar-refractivity contribution in [3.05, 3.63) is 70.6 Å². The molecule has 0 atom stereocenters. The highest BCUT2D eigenvalue weighted by molar-refractivity contribution is 6.35. The highest BCUT2D eigenvalue weighted by Crippen LogP contribution is 2.28. The number of anilines is 1. The first-order valence-corrected chi connectivity index (χ1v) is 7.05. The smallest absolute Gasteiger partial charge is 0.126 e. The summed E-state index contributed by atoms with van der Waals surface area (Å²) in [6.45, 7) is 2.29. The molecule has 1 aromatic heterocycles. The third kappa shape index (κ3) is 2.83. The molecule has 21 heavy (non-hydrogen) atoms. The van der Waals surface area contributed by atoms with Crippen molar-refractivity contribution in [2.45, 2.75) is 13.5 Å². The van der Waals surface area contributed by atoms with Gasteiger partial charge in [-0.1, -0.05) is 23.7 Å². The van der Waals surface area contributed by atoms with Gasteiger partial charge in [-0.3, -0.25) is 4.98 Å². The number of halogens is 2. The molecule has 0 unspecified atom stereocenters. The minimum absolute atomic E-state index is 0.187. The first kappa shape index (κ1) is 13.8. The van der Waals surface area contributed by atoms with Crippen LogP contribution >= 0.6 is 11.6 Å². The zero-order valence-electron chi connectivity index (χ0n) is 11.5. The molecular formula is C17H14ClFN2. The van der Waals surface area contributed by atoms with E-state index in [1.807, 2.05) is 30.3 Å². The minimum Gasteiger partial charge on any atom is -0.379 e. The van der Waals surface area contributed by atoms with Gasteiger partial charge in [0.1, 0.15) is 5.82 Å². The minimum atomic E-state index is -0.187. The number of aryl methyl sites for hydroxylation is 1. The third-order valence-electron chi connectivity index (χ3n) is 3.44. The summed E-state index contributed by atoms with van der Waals surface area (Å²) >= 11 is 6.17. The quantitative estimate of drug-likeness (QED) is 0.740. The van der Waals surface area contributed by atoms with Crippen LogP contribution in [0.3, 0.4) is 0 Å². The maximum atomic E-state index is 13.6. The van der Waals surface area contributed by atoms with Crippen LogP contribution in [0.15, 0.2) is 48.7 Å². The van der Waals surface area contributed by atoms with Crippen LogP contribution in [0.1, 0.15) is 11.1 Å². The van der Waals surface area contributed by atoms with Crippen LogP contribution in [0.2, 0.25) is 5.02 Å². The summed E-state index contributed by atoms with van der Waals surface area (Å²) in [6.07, 6.45) is 1.73. The van der Waals surface area contributed by atoms with Crippen molar-refractivity contribution in [2.24, 2.45) is 0 Å². The van der Waals surface area contributed by atoms with Gasteiger partial charge in [0.05, 0.1) is 16.2 Å². The Morgan fingerprint density at radius 1 is 1.19 bits per heavy atom. The number of fused-ring (bicyclic) bond motifs is 1. The molecule has 106 valence electrons. The van der Waals surface area contributed by atoms with E-state index in [2.05, 4.69) is 10.3 Å². The number of nitrogens with one attached hydrogen (secondary N) is 1. The molecule has 3 aromatic rings. The fraction of sp³-hybridized carbons (Fsp3) is 0.118. The van der Waals surface area contributed by atoms with Gasteiger partial charge in [0, 0.05) is 18.1 Å². The summed E-state index contributed by atoms with van der Waals surface area (Å²) in [5.74, 6) is -0.187. The molecule has 1 heterocycles. The molecule has 4 heteroatoms. The van der Waals surface area contributed by atoms with Crippen LogP contribution in [0.25, 0.3) is 10.9 Å². The summed E-state index contributed by atoms with van der Waals surface area (Å²) in [4.78, 5) is 4.36. The van der Waals surface area contributed by atoms with Crippen LogP contribution in [0.4, 0.5) is 10.1 Å². The summed E-state index contributed by atoms with van der Waals surface area (Å²) in [7, 11) is 0. The maximum absolute atomic E-state index is 13.6. The Morgan fingerprint density at radius 3 is 2.86 bits per heavy atom. The Bertz CT molecular complexity index is 802. The Morgan fingerprint density at radius 2 is 2.05 bits per heavy atom. The van der Waals surface area contributed by atoms with Crippen molar-refractivity contribution in [1.29, 1.82) is 0 Å². The average molecular weight is 301 g/mol. The Balaban J connectivity index is 1.88. The first-order valence-electron chi connectivity index (χ1n) is 6.67. The van der Waals surface area contributed by atoms with E-state index >= 15 is 0 Å². The number of rotatable bonds is 3. The van der Waals surface area contributed by atoms with Gasteiger partial charge in [0.25, 0.3) is 0 Å². The van der Waals surface area contributed by atoms with Crippen molar-refractivity contribution < 1.29 is 4.39 Å². The number of hydrogen-bond acceptors (Lipinski definition) is 2. The largest absolute Gasteiger partial charge is 0.379 e. The van der Waals surface area contributed by atoms with Crippen LogP contribution < -0.4 is 5.32 Å². The van der Waals surface area contributed by atoms with Crippen molar-refractivity contribution in [3.8, 4) is 0 Å². The van der Waals surface area contributed by atoms with Crippen molar-refractivity contribution in [2.75, 3.05) is 5.32 Å². The SMILES string of the molecule is Cc1ccc(CNc2ccc(Cl)c3cccnc23)cc1F. The third-order valence-corrected chi connectivity index (χ3v) is 3.77. The van der Waals surface area contributed by atoms with E-state index in [1.165, 1.54) is 0 Å². The van der Waals surface area contributed by atoms with Gasteiger partial charge in [-0.25, -0.2) is 4.39 Å². The monoisotopic (exact) mass is 300 g/mol. The molecule has 0 aliphatic carbocycles. The molecule has 0 fully saturated rings. The van der Waals surface area contributed by atoms with Crippen molar-refractivity contribution >= 4 is 28.2 Å². The van der Waals surface area contributed by atoms with E-state index in [0.29, 0.717) is 17.1 Å². The molecule has 1 N–H and O–H groups in total. The van der Waals surface area contributed by atoms with E-state index in [0.717, 1.165) is 22.2 Å². The van der Waals surface area contributed by atoms with Gasteiger partial charge < -0.3 is 5.32 Å². The number of benzene rings is 2. The summed E-state index contributed by atoms with van der Waals surface area (Å²) in [5, 5.41) is 4.86. The molecule has 0 saturated heterocycles. The molecule has 0 amide bonds. The van der Waals surface area contributed by atoms with E-state index in [9.17, 15) is 4.39 Å². The number of aromatic nitrogens is 1. The van der Waals surface area contributed by atoms with E-state index in [1.54, 1.807) is 25.3 Å². The lowest BCUT2D eigenvalue weighted by atomic mass is 10.1. The fourth-order valence-corrected chi connectivity index (χ4v) is 2.44. The normalized spacial score (nSPS) is 10.8. The second-order valence-electron chi connectivity index (χ2n) is 4.93. The molecule has 2 aromatic carbocycles. The standard InChI is InChI=1S/C17H14ClFN2/c1-11-4-5-12(9-15(11)19)10-21-16-7-6-14(18)13-3-2-8-20-17(13)16/h2-9,21H,10H2,1H3. The Labute approximate surface area is 127 Å². The average Bonchev–Trinajstić information content (AvgIpc) is 2.50. The van der Waals surface area contributed by atoms with Gasteiger partial charge in [-0.15, -0.1) is 0 Å². The van der Waals surface area contributed by atoms with Crippen LogP contribution in [0.5, 0.6) is 0 Å². The number of pyridine rings is 1. The van der Waals surface area contributed by atoms with E-state index in [-0.39, 0.29) is 5.82 Å². The van der Waals surface area contributed by atoms with Crippen LogP contribution in [-0.2, 0) is 6.54 Å². The maximum Gasteiger partial charge on any atom is 0.126 e. The van der Waals surface area contributed by atoms with Crippen LogP contribution in [0, 0.1) is 12.7 Å². The zero-order valence-corrected chi connectivity index (χ0v) is 12.3. The highest BCUT2D eigenvalue weighted by Gasteiger charge is 2.06. The first-order chi connectivity index (χ1) is 10.1. The summed E-state index contributed by atoms with van der Waals surface area (Å²) in [6, 6.07) is 12.8. The topological polar surface area (TPSA) is 24.9 Å². The molecule has 0 saturated carbocycles. The molecule has 2 nitrogen and oxygen atoms in total. The van der Waals surface area contributed by atoms with Gasteiger partial charge in [0.2, 0.25) is 0 Å². The van der Waals surface area contributed by atoms with Crippen LogP contribution in [-0.4, -0.2) is 4.98 Å². The molecule has 0 aliphatic rings. The molecule has 0 radical (unpaired) electrons. The number of hydrogen-bond donors (Lipinski definition) is 1. The molecule has 0 aliphatic heterocycles. The fourth-order valence-electron chi connectivity index (χ4n) is 2.22. The molecule has 0 bridgehead atoms. The molecule has 3 rings (SSSR count). The highest BCUT2D eigenvalue weighted by atomic mass is 35.5. The predicted octanol–water partition coefficient (Wildman–Crippen LogP) is 4.95. The lowest BCUT2D eigenvalue weighted by molar-refractivity contribution is 0.616. The summed E-state index contributed by atoms with van der Waals surface area (Å²) < 4.78 is 13.6. The zero-order chi connectivity index (χ0) is 14.8. The van der Waals surface area contributed by atoms with E-state index in [4.69, 9.17) is 11.6 Å². The van der Waals surface area contributed by atoms with E-state index < -0.39 is 0 Å². The number of nitrogens with zero attached hydrogens (tertiary/aromatic N) is 1.